The van der Waals surface area contributed by atoms with Gasteiger partial charge in [0.15, 0.2) is 0 Å². The molecule has 0 aliphatic heterocycles. The smallest absolute Gasteiger partial charge is 0.407 e. The molecule has 0 bridgehead atoms. The van der Waals surface area contributed by atoms with Gasteiger partial charge in [-0.2, -0.15) is 0 Å². The number of carbonyl (C=O) groups excluding carboxylic acids is 2. The van der Waals surface area contributed by atoms with E-state index < -0.39 is 12.1 Å². The van der Waals surface area contributed by atoms with E-state index in [1.807, 2.05) is 45.0 Å². The summed E-state index contributed by atoms with van der Waals surface area (Å²) in [7, 11) is 0. The van der Waals surface area contributed by atoms with Crippen molar-refractivity contribution in [3.8, 4) is 11.1 Å². The maximum absolute atomic E-state index is 12.6. The summed E-state index contributed by atoms with van der Waals surface area (Å²) in [6, 6.07) is 15.8. The topological polar surface area (TPSA) is 105 Å². The number of aliphatic carboxylic acids is 1. The van der Waals surface area contributed by atoms with Crippen LogP contribution in [0.4, 0.5) is 4.79 Å². The lowest BCUT2D eigenvalue weighted by atomic mass is 9.98. The van der Waals surface area contributed by atoms with Crippen LogP contribution in [0.5, 0.6) is 0 Å². The van der Waals surface area contributed by atoms with E-state index in [-0.39, 0.29) is 49.3 Å². The third kappa shape index (κ3) is 6.59. The van der Waals surface area contributed by atoms with Gasteiger partial charge in [0.1, 0.15) is 6.61 Å². The van der Waals surface area contributed by atoms with Crippen molar-refractivity contribution in [2.24, 2.45) is 5.92 Å². The lowest BCUT2D eigenvalue weighted by molar-refractivity contribution is -0.137. The van der Waals surface area contributed by atoms with Crippen molar-refractivity contribution in [1.29, 1.82) is 0 Å². The van der Waals surface area contributed by atoms with Crippen LogP contribution < -0.4 is 10.6 Å². The van der Waals surface area contributed by atoms with E-state index in [0.29, 0.717) is 12.8 Å². The fourth-order valence-corrected chi connectivity index (χ4v) is 4.41. The quantitative estimate of drug-likeness (QED) is 0.445. The minimum atomic E-state index is -0.842. The van der Waals surface area contributed by atoms with Crippen molar-refractivity contribution in [2.75, 3.05) is 6.61 Å². The molecule has 3 N–H and O–H groups in total. The fraction of sp³-hybridized carbons (Fsp3) is 0.444. The van der Waals surface area contributed by atoms with E-state index in [1.165, 1.54) is 11.1 Å². The maximum Gasteiger partial charge on any atom is 0.407 e. The second kappa shape index (κ2) is 11.7. The van der Waals surface area contributed by atoms with Crippen LogP contribution in [0.3, 0.4) is 0 Å². The number of nitrogens with one attached hydrogen (secondary N) is 2. The third-order valence-electron chi connectivity index (χ3n) is 6.29. The molecule has 2 atom stereocenters. The van der Waals surface area contributed by atoms with Gasteiger partial charge >= 0.3 is 12.1 Å². The zero-order valence-corrected chi connectivity index (χ0v) is 20.0. The van der Waals surface area contributed by atoms with Gasteiger partial charge in [-0.3, -0.25) is 9.59 Å². The lowest BCUT2D eigenvalue weighted by Crippen LogP contribution is -2.44. The monoisotopic (exact) mass is 466 g/mol. The van der Waals surface area contributed by atoms with E-state index in [0.717, 1.165) is 11.1 Å². The van der Waals surface area contributed by atoms with E-state index in [4.69, 9.17) is 9.84 Å². The minimum Gasteiger partial charge on any atom is -0.481 e. The first-order valence-corrected chi connectivity index (χ1v) is 11.9. The number of ether oxygens (including phenoxy) is 1. The number of carboxylic acids is 1. The molecule has 2 aromatic carbocycles. The summed E-state index contributed by atoms with van der Waals surface area (Å²) in [4.78, 5) is 35.7. The number of amides is 2. The zero-order chi connectivity index (χ0) is 24.7. The van der Waals surface area contributed by atoms with Crippen LogP contribution in [-0.4, -0.2) is 41.8 Å². The molecule has 2 amide bonds. The minimum absolute atomic E-state index is 0.0226. The molecular weight excluding hydrogens is 432 g/mol. The number of hydrogen-bond donors (Lipinski definition) is 3. The molecule has 1 aliphatic carbocycles. The van der Waals surface area contributed by atoms with Crippen molar-refractivity contribution < 1.29 is 24.2 Å². The molecule has 7 heteroatoms. The molecule has 3 rings (SSSR count). The molecule has 1 aliphatic rings. The van der Waals surface area contributed by atoms with Gasteiger partial charge in [0.25, 0.3) is 0 Å². The predicted molar refractivity (Wildman–Crippen MR) is 131 cm³/mol. The molecule has 0 radical (unpaired) electrons. The standard InChI is InChI=1S/C27H34N2O5/c1-17(2)24(15-25(30)28-18(3)9-8-14-26(31)32)29-27(33)34-16-23-21-12-6-4-10-19(21)20-11-5-7-13-22(20)23/h4-7,10-13,17-18,23-24H,8-9,14-16H2,1-3H3,(H,28,30)(H,29,33)(H,31,32)/t18?,24-/m0/s1. The van der Waals surface area contributed by atoms with Gasteiger partial charge in [-0.1, -0.05) is 62.4 Å². The Morgan fingerprint density at radius 3 is 2.09 bits per heavy atom. The predicted octanol–water partition coefficient (Wildman–Crippen LogP) is 4.70. The summed E-state index contributed by atoms with van der Waals surface area (Å²) in [5.74, 6) is -1.01. The van der Waals surface area contributed by atoms with Crippen LogP contribution in [0.25, 0.3) is 11.1 Å². The zero-order valence-electron chi connectivity index (χ0n) is 20.0. The average molecular weight is 467 g/mol. The van der Waals surface area contributed by atoms with Crippen molar-refractivity contribution in [3.05, 3.63) is 59.7 Å². The molecule has 0 saturated carbocycles. The molecular formula is C27H34N2O5. The first-order chi connectivity index (χ1) is 16.3. The summed E-state index contributed by atoms with van der Waals surface area (Å²) in [5.41, 5.74) is 4.63. The highest BCUT2D eigenvalue weighted by atomic mass is 16.5. The Morgan fingerprint density at radius 2 is 1.53 bits per heavy atom. The Morgan fingerprint density at radius 1 is 0.941 bits per heavy atom. The Hall–Kier alpha value is -3.35. The first-order valence-electron chi connectivity index (χ1n) is 11.9. The molecule has 34 heavy (non-hydrogen) atoms. The molecule has 0 fully saturated rings. The SMILES string of the molecule is CC(CCCC(=O)O)NC(=O)C[C@H](NC(=O)OCC1c2ccccc2-c2ccccc21)C(C)C. The molecule has 0 spiro atoms. The summed E-state index contributed by atoms with van der Waals surface area (Å²) < 4.78 is 5.62. The summed E-state index contributed by atoms with van der Waals surface area (Å²) in [6.07, 6.45) is 0.762. The van der Waals surface area contributed by atoms with Crippen LogP contribution in [0.15, 0.2) is 48.5 Å². The van der Waals surface area contributed by atoms with Gasteiger partial charge in [0.05, 0.1) is 0 Å². The number of fused-ring (bicyclic) bond motifs is 3. The maximum atomic E-state index is 12.6. The molecule has 0 aromatic heterocycles. The lowest BCUT2D eigenvalue weighted by Gasteiger charge is -2.23. The van der Waals surface area contributed by atoms with Gasteiger partial charge < -0.3 is 20.5 Å². The Kier molecular flexibility index (Phi) is 8.68. The van der Waals surface area contributed by atoms with E-state index in [1.54, 1.807) is 0 Å². The average Bonchev–Trinajstić information content (AvgIpc) is 3.10. The van der Waals surface area contributed by atoms with E-state index >= 15 is 0 Å². The van der Waals surface area contributed by atoms with Crippen molar-refractivity contribution >= 4 is 18.0 Å². The van der Waals surface area contributed by atoms with E-state index in [9.17, 15) is 14.4 Å². The van der Waals surface area contributed by atoms with Gasteiger partial charge in [-0.25, -0.2) is 4.79 Å². The second-order valence-corrected chi connectivity index (χ2v) is 9.28. The number of carboxylic acid groups (broad SMARTS) is 1. The highest BCUT2D eigenvalue weighted by molar-refractivity contribution is 5.79. The van der Waals surface area contributed by atoms with Gasteiger partial charge in [0, 0.05) is 30.8 Å². The fourth-order valence-electron chi connectivity index (χ4n) is 4.41. The highest BCUT2D eigenvalue weighted by Gasteiger charge is 2.29. The molecule has 182 valence electrons. The first kappa shape index (κ1) is 25.3. The number of rotatable bonds is 11. The molecule has 2 aromatic rings. The van der Waals surface area contributed by atoms with Crippen molar-refractivity contribution in [3.63, 3.8) is 0 Å². The summed E-state index contributed by atoms with van der Waals surface area (Å²) >= 11 is 0. The number of hydrogen-bond acceptors (Lipinski definition) is 4. The van der Waals surface area contributed by atoms with Crippen LogP contribution in [0, 0.1) is 5.92 Å². The molecule has 7 nitrogen and oxygen atoms in total. The van der Waals surface area contributed by atoms with Crippen molar-refractivity contribution in [2.45, 2.75) is 64.5 Å². The van der Waals surface area contributed by atoms with Crippen molar-refractivity contribution in [1.82, 2.24) is 10.6 Å². The largest absolute Gasteiger partial charge is 0.481 e. The van der Waals surface area contributed by atoms with Crippen LogP contribution in [0.1, 0.15) is 63.5 Å². The van der Waals surface area contributed by atoms with Gasteiger partial charge in [-0.05, 0) is 47.9 Å². The van der Waals surface area contributed by atoms with Crippen LogP contribution >= 0.6 is 0 Å². The molecule has 0 heterocycles. The third-order valence-corrected chi connectivity index (χ3v) is 6.29. The number of benzene rings is 2. The second-order valence-electron chi connectivity index (χ2n) is 9.28. The Labute approximate surface area is 200 Å². The summed E-state index contributed by atoms with van der Waals surface area (Å²) in [5, 5.41) is 14.5. The van der Waals surface area contributed by atoms with Crippen LogP contribution in [0.2, 0.25) is 0 Å². The molecule has 1 unspecified atom stereocenters. The normalized spacial score (nSPS) is 14.1. The number of carbonyl (C=O) groups is 3. The van der Waals surface area contributed by atoms with Gasteiger partial charge in [-0.15, -0.1) is 0 Å². The molecule has 0 saturated heterocycles. The summed E-state index contributed by atoms with van der Waals surface area (Å²) in [6.45, 7) is 5.95. The number of alkyl carbamates (subject to hydrolysis) is 1. The Bertz CT molecular complexity index is 974. The highest BCUT2D eigenvalue weighted by Crippen LogP contribution is 2.44. The van der Waals surface area contributed by atoms with Gasteiger partial charge in [0.2, 0.25) is 5.91 Å². The van der Waals surface area contributed by atoms with Crippen LogP contribution in [-0.2, 0) is 14.3 Å². The van der Waals surface area contributed by atoms with E-state index in [2.05, 4.69) is 34.9 Å². The Balaban J connectivity index is 1.53.